The van der Waals surface area contributed by atoms with E-state index in [-0.39, 0.29) is 5.54 Å². The van der Waals surface area contributed by atoms with Crippen molar-refractivity contribution in [3.05, 3.63) is 0 Å². The second-order valence-corrected chi connectivity index (χ2v) is 4.01. The lowest BCUT2D eigenvalue weighted by Gasteiger charge is -2.11. The number of aliphatic imine (C=N–C) groups is 1. The van der Waals surface area contributed by atoms with Crippen LogP contribution in [0.15, 0.2) is 4.99 Å². The van der Waals surface area contributed by atoms with Crippen molar-refractivity contribution in [1.29, 1.82) is 0 Å². The molecule has 0 bridgehead atoms. The van der Waals surface area contributed by atoms with Gasteiger partial charge in [-0.15, -0.1) is 0 Å². The maximum absolute atomic E-state index is 10.1. The summed E-state index contributed by atoms with van der Waals surface area (Å²) in [6.45, 7) is 6.46. The maximum Gasteiger partial charge on any atom is 0.235 e. The molecule has 0 heterocycles. The summed E-state index contributed by atoms with van der Waals surface area (Å²) in [5, 5.41) is 0. The van der Waals surface area contributed by atoms with Crippen LogP contribution in [0.5, 0.6) is 0 Å². The number of nitrogens with zero attached hydrogens (tertiary/aromatic N) is 1. The van der Waals surface area contributed by atoms with E-state index in [1.54, 1.807) is 6.08 Å². The quantitative estimate of drug-likeness (QED) is 0.451. The molecule has 2 atom stereocenters. The highest BCUT2D eigenvalue weighted by atomic mass is 16.1. The van der Waals surface area contributed by atoms with Crippen LogP contribution < -0.4 is 0 Å². The Hall–Kier alpha value is -0.620. The standard InChI is InChI=1S/C9H15NO/c1-7(2)4-9(10-6-11)5-8(9)3/h7-8H,4-5H2,1-3H3. The molecule has 2 heteroatoms. The van der Waals surface area contributed by atoms with E-state index in [2.05, 4.69) is 25.8 Å². The number of isocyanates is 1. The number of hydrogen-bond acceptors (Lipinski definition) is 2. The lowest BCUT2D eigenvalue weighted by atomic mass is 10.0. The molecular weight excluding hydrogens is 138 g/mol. The van der Waals surface area contributed by atoms with Crippen LogP contribution in [0.4, 0.5) is 0 Å². The van der Waals surface area contributed by atoms with Crippen LogP contribution in [0.1, 0.15) is 33.6 Å². The molecule has 11 heavy (non-hydrogen) atoms. The van der Waals surface area contributed by atoms with Gasteiger partial charge in [0, 0.05) is 0 Å². The van der Waals surface area contributed by atoms with E-state index in [0.717, 1.165) is 12.8 Å². The van der Waals surface area contributed by atoms with Crippen molar-refractivity contribution in [1.82, 2.24) is 0 Å². The Kier molecular flexibility index (Phi) is 2.15. The monoisotopic (exact) mass is 153 g/mol. The average molecular weight is 153 g/mol. The van der Waals surface area contributed by atoms with Gasteiger partial charge in [0.1, 0.15) is 0 Å². The first-order valence-corrected chi connectivity index (χ1v) is 4.20. The predicted octanol–water partition coefficient (Wildman–Crippen LogP) is 2.15. The van der Waals surface area contributed by atoms with Gasteiger partial charge in [-0.1, -0.05) is 20.8 Å². The molecule has 1 aliphatic carbocycles. The third-order valence-corrected chi connectivity index (χ3v) is 2.45. The van der Waals surface area contributed by atoms with E-state index >= 15 is 0 Å². The highest BCUT2D eigenvalue weighted by molar-refractivity contribution is 5.37. The second-order valence-electron chi connectivity index (χ2n) is 4.01. The molecule has 1 fully saturated rings. The second kappa shape index (κ2) is 2.78. The molecule has 0 amide bonds. The summed E-state index contributed by atoms with van der Waals surface area (Å²) in [5.74, 6) is 1.21. The highest BCUT2D eigenvalue weighted by Crippen LogP contribution is 2.50. The molecule has 2 unspecified atom stereocenters. The van der Waals surface area contributed by atoms with E-state index in [1.165, 1.54) is 0 Å². The minimum Gasteiger partial charge on any atom is -0.211 e. The normalized spacial score (nSPS) is 35.1. The smallest absolute Gasteiger partial charge is 0.211 e. The lowest BCUT2D eigenvalue weighted by Crippen LogP contribution is -2.11. The first-order valence-electron chi connectivity index (χ1n) is 4.20. The zero-order valence-corrected chi connectivity index (χ0v) is 7.42. The zero-order valence-electron chi connectivity index (χ0n) is 7.42. The van der Waals surface area contributed by atoms with Crippen LogP contribution in [0.3, 0.4) is 0 Å². The molecule has 62 valence electrons. The number of rotatable bonds is 3. The van der Waals surface area contributed by atoms with Crippen LogP contribution >= 0.6 is 0 Å². The Morgan fingerprint density at radius 1 is 1.73 bits per heavy atom. The molecule has 0 aromatic carbocycles. The molecule has 1 saturated carbocycles. The molecule has 1 aliphatic rings. The number of hydrogen-bond donors (Lipinski definition) is 0. The van der Waals surface area contributed by atoms with Gasteiger partial charge < -0.3 is 0 Å². The Morgan fingerprint density at radius 2 is 2.27 bits per heavy atom. The Morgan fingerprint density at radius 3 is 2.55 bits per heavy atom. The van der Waals surface area contributed by atoms with Gasteiger partial charge in [-0.25, -0.2) is 4.79 Å². The summed E-state index contributed by atoms with van der Waals surface area (Å²) < 4.78 is 0. The van der Waals surface area contributed by atoms with E-state index < -0.39 is 0 Å². The van der Waals surface area contributed by atoms with E-state index in [1.807, 2.05) is 0 Å². The summed E-state index contributed by atoms with van der Waals surface area (Å²) in [4.78, 5) is 14.0. The lowest BCUT2D eigenvalue weighted by molar-refractivity contribution is 0.458. The van der Waals surface area contributed by atoms with Gasteiger partial charge in [-0.2, -0.15) is 4.99 Å². The molecule has 0 aliphatic heterocycles. The molecule has 1 rings (SSSR count). The zero-order chi connectivity index (χ0) is 8.48. The maximum atomic E-state index is 10.1. The Bertz CT molecular complexity index is 194. The van der Waals surface area contributed by atoms with Gasteiger partial charge in [-0.3, -0.25) is 0 Å². The van der Waals surface area contributed by atoms with E-state index in [9.17, 15) is 4.79 Å². The van der Waals surface area contributed by atoms with Gasteiger partial charge in [0.15, 0.2) is 0 Å². The van der Waals surface area contributed by atoms with Crippen molar-refractivity contribution in [3.8, 4) is 0 Å². The third-order valence-electron chi connectivity index (χ3n) is 2.45. The van der Waals surface area contributed by atoms with Crippen LogP contribution in [-0.2, 0) is 4.79 Å². The minimum atomic E-state index is -0.0179. The van der Waals surface area contributed by atoms with Gasteiger partial charge in [0.2, 0.25) is 6.08 Å². The molecule has 0 spiro atoms. The summed E-state index contributed by atoms with van der Waals surface area (Å²) in [6.07, 6.45) is 3.78. The molecule has 0 aromatic rings. The van der Waals surface area contributed by atoms with E-state index in [4.69, 9.17) is 0 Å². The average Bonchev–Trinajstić information content (AvgIpc) is 2.40. The van der Waals surface area contributed by atoms with Crippen molar-refractivity contribution in [2.75, 3.05) is 0 Å². The molecule has 0 saturated heterocycles. The van der Waals surface area contributed by atoms with Gasteiger partial charge in [0.25, 0.3) is 0 Å². The van der Waals surface area contributed by atoms with Crippen LogP contribution in [0, 0.1) is 11.8 Å². The first kappa shape index (κ1) is 8.48. The predicted molar refractivity (Wildman–Crippen MR) is 44.1 cm³/mol. The van der Waals surface area contributed by atoms with Crippen molar-refractivity contribution in [3.63, 3.8) is 0 Å². The molecule has 2 nitrogen and oxygen atoms in total. The van der Waals surface area contributed by atoms with Crippen molar-refractivity contribution in [2.24, 2.45) is 16.8 Å². The molecule has 0 radical (unpaired) electrons. The van der Waals surface area contributed by atoms with Gasteiger partial charge in [0.05, 0.1) is 5.54 Å². The first-order chi connectivity index (χ1) is 5.10. The SMILES string of the molecule is CC(C)CC1(N=C=O)CC1C. The molecule has 0 aromatic heterocycles. The van der Waals surface area contributed by atoms with Gasteiger partial charge >= 0.3 is 0 Å². The summed E-state index contributed by atoms with van der Waals surface area (Å²) in [5.41, 5.74) is -0.0179. The fourth-order valence-electron chi connectivity index (χ4n) is 1.76. The summed E-state index contributed by atoms with van der Waals surface area (Å²) in [6, 6.07) is 0. The summed E-state index contributed by atoms with van der Waals surface area (Å²) in [7, 11) is 0. The van der Waals surface area contributed by atoms with Crippen LogP contribution in [-0.4, -0.2) is 11.6 Å². The van der Waals surface area contributed by atoms with Crippen molar-refractivity contribution >= 4 is 6.08 Å². The molecular formula is C9H15NO. The van der Waals surface area contributed by atoms with Crippen LogP contribution in [0.2, 0.25) is 0 Å². The largest absolute Gasteiger partial charge is 0.235 e. The summed E-state index contributed by atoms with van der Waals surface area (Å²) >= 11 is 0. The topological polar surface area (TPSA) is 29.4 Å². The highest BCUT2D eigenvalue weighted by Gasteiger charge is 2.51. The molecule has 0 N–H and O–H groups in total. The van der Waals surface area contributed by atoms with Crippen molar-refractivity contribution in [2.45, 2.75) is 39.2 Å². The third kappa shape index (κ3) is 1.69. The van der Waals surface area contributed by atoms with Crippen molar-refractivity contribution < 1.29 is 4.79 Å². The number of carbonyl (C=O) groups excluding carboxylic acids is 1. The minimum absolute atomic E-state index is 0.0179. The Labute approximate surface area is 67.7 Å². The van der Waals surface area contributed by atoms with Gasteiger partial charge in [-0.05, 0) is 24.7 Å². The fraction of sp³-hybridized carbons (Fsp3) is 0.889. The fourth-order valence-corrected chi connectivity index (χ4v) is 1.76. The van der Waals surface area contributed by atoms with E-state index in [0.29, 0.717) is 11.8 Å². The van der Waals surface area contributed by atoms with Crippen LogP contribution in [0.25, 0.3) is 0 Å². The Balaban J connectivity index is 2.57.